The molecule has 0 amide bonds. The van der Waals surface area contributed by atoms with Crippen LogP contribution < -0.4 is 0 Å². The number of fused-ring (bicyclic) bond motifs is 1. The summed E-state index contributed by atoms with van der Waals surface area (Å²) in [6.45, 7) is 2.96. The van der Waals surface area contributed by atoms with E-state index >= 15 is 0 Å². The molecular formula is C20H16ClN5O2. The molecule has 0 unspecified atom stereocenters. The van der Waals surface area contributed by atoms with Crippen molar-refractivity contribution in [2.45, 2.75) is 26.2 Å². The molecule has 0 aliphatic carbocycles. The fourth-order valence-electron chi connectivity index (χ4n) is 3.20. The Balaban J connectivity index is 1.41. The van der Waals surface area contributed by atoms with E-state index in [1.54, 1.807) is 0 Å². The average molecular weight is 394 g/mol. The Morgan fingerprint density at radius 3 is 2.64 bits per heavy atom. The van der Waals surface area contributed by atoms with Gasteiger partial charge in [0.05, 0.1) is 18.8 Å². The number of hydrogen-bond acceptors (Lipinski definition) is 6. The largest absolute Gasteiger partial charge is 0.365 e. The normalized spacial score (nSPS) is 16.1. The van der Waals surface area contributed by atoms with Crippen LogP contribution in [0.15, 0.2) is 53.1 Å². The zero-order valence-corrected chi connectivity index (χ0v) is 15.8. The zero-order chi connectivity index (χ0) is 19.1. The number of benzene rings is 2. The summed E-state index contributed by atoms with van der Waals surface area (Å²) in [5.41, 5.74) is 4.50. The van der Waals surface area contributed by atoms with Crippen LogP contribution >= 0.6 is 11.6 Å². The lowest BCUT2D eigenvalue weighted by Crippen LogP contribution is -2.22. The van der Waals surface area contributed by atoms with Crippen LogP contribution in [0.5, 0.6) is 0 Å². The van der Waals surface area contributed by atoms with Crippen LogP contribution in [0.3, 0.4) is 0 Å². The molecule has 5 rings (SSSR count). The molecule has 0 N–H and O–H groups in total. The van der Waals surface area contributed by atoms with Gasteiger partial charge in [-0.3, -0.25) is 0 Å². The van der Waals surface area contributed by atoms with Gasteiger partial charge in [-0.15, -0.1) is 5.10 Å². The maximum atomic E-state index is 6.03. The molecular weight excluding hydrogens is 378 g/mol. The minimum absolute atomic E-state index is 0.104. The molecule has 0 saturated carbocycles. The number of aryl methyl sites for hydroxylation is 1. The third kappa shape index (κ3) is 3.08. The van der Waals surface area contributed by atoms with Crippen LogP contribution in [0.1, 0.15) is 22.9 Å². The Morgan fingerprint density at radius 1 is 1.07 bits per heavy atom. The van der Waals surface area contributed by atoms with Gasteiger partial charge in [0.15, 0.2) is 5.69 Å². The monoisotopic (exact) mass is 393 g/mol. The summed E-state index contributed by atoms with van der Waals surface area (Å²) in [6, 6.07) is 15.5. The van der Waals surface area contributed by atoms with E-state index in [0.29, 0.717) is 35.6 Å². The molecule has 7 nitrogen and oxygen atoms in total. The van der Waals surface area contributed by atoms with E-state index in [1.807, 2.05) is 60.1 Å². The highest BCUT2D eigenvalue weighted by Crippen LogP contribution is 2.31. The Morgan fingerprint density at radius 2 is 1.86 bits per heavy atom. The summed E-state index contributed by atoms with van der Waals surface area (Å²) in [5, 5.41) is 13.3. The Bertz CT molecular complexity index is 1120. The molecule has 8 heteroatoms. The molecule has 2 aromatic heterocycles. The van der Waals surface area contributed by atoms with Crippen molar-refractivity contribution in [1.82, 2.24) is 25.1 Å². The molecule has 4 aromatic rings. The Kier molecular flexibility index (Phi) is 4.18. The van der Waals surface area contributed by atoms with Gasteiger partial charge in [-0.05, 0) is 36.8 Å². The lowest BCUT2D eigenvalue weighted by molar-refractivity contribution is -0.00111. The summed E-state index contributed by atoms with van der Waals surface area (Å²) < 4.78 is 13.3. The van der Waals surface area contributed by atoms with Crippen LogP contribution in [-0.4, -0.2) is 25.1 Å². The minimum Gasteiger partial charge on any atom is -0.365 e. The van der Waals surface area contributed by atoms with Crippen LogP contribution in [0.25, 0.3) is 23.0 Å². The van der Waals surface area contributed by atoms with Gasteiger partial charge in [-0.25, -0.2) is 4.68 Å². The first-order chi connectivity index (χ1) is 13.7. The van der Waals surface area contributed by atoms with Crippen molar-refractivity contribution in [3.05, 3.63) is 70.4 Å². The number of halogens is 1. The van der Waals surface area contributed by atoms with Crippen LogP contribution in [0.2, 0.25) is 5.02 Å². The van der Waals surface area contributed by atoms with Crippen molar-refractivity contribution in [3.63, 3.8) is 0 Å². The van der Waals surface area contributed by atoms with Crippen molar-refractivity contribution < 1.29 is 9.26 Å². The van der Waals surface area contributed by atoms with Gasteiger partial charge in [0, 0.05) is 10.6 Å². The van der Waals surface area contributed by atoms with Gasteiger partial charge in [0.1, 0.15) is 6.10 Å². The second-order valence-electron chi connectivity index (χ2n) is 6.71. The smallest absolute Gasteiger partial charge is 0.258 e. The molecule has 0 spiro atoms. The van der Waals surface area contributed by atoms with E-state index in [0.717, 1.165) is 16.8 Å². The van der Waals surface area contributed by atoms with Crippen molar-refractivity contribution in [2.75, 3.05) is 0 Å². The minimum atomic E-state index is -0.104. The van der Waals surface area contributed by atoms with Gasteiger partial charge in [-0.1, -0.05) is 51.8 Å². The highest BCUT2D eigenvalue weighted by atomic mass is 35.5. The molecule has 0 fully saturated rings. The number of ether oxygens (including phenoxy) is 1. The second-order valence-corrected chi connectivity index (χ2v) is 7.14. The van der Waals surface area contributed by atoms with Crippen LogP contribution in [-0.2, 0) is 17.9 Å². The lowest BCUT2D eigenvalue weighted by Gasteiger charge is -2.24. The van der Waals surface area contributed by atoms with Crippen molar-refractivity contribution in [2.24, 2.45) is 0 Å². The van der Waals surface area contributed by atoms with Crippen LogP contribution in [0.4, 0.5) is 0 Å². The maximum absolute atomic E-state index is 6.03. The fraction of sp³-hybridized carbons (Fsp3) is 0.200. The first-order valence-electron chi connectivity index (χ1n) is 8.88. The number of rotatable bonds is 3. The summed E-state index contributed by atoms with van der Waals surface area (Å²) >= 11 is 5.97. The molecule has 1 atom stereocenters. The lowest BCUT2D eigenvalue weighted by atomic mass is 10.1. The standard InChI is InChI=1S/C20H16ClN5O2/c1-12-2-4-14(5-3-12)20-22-19(24-28-20)18-16-11-27-17(10-26(16)25-23-18)13-6-8-15(21)9-7-13/h2-9,17H,10-11H2,1H3/t17-/m1/s1. The summed E-state index contributed by atoms with van der Waals surface area (Å²) in [5.74, 6) is 0.859. The molecule has 140 valence electrons. The Labute approximate surface area is 165 Å². The predicted octanol–water partition coefficient (Wildman–Crippen LogP) is 4.23. The van der Waals surface area contributed by atoms with E-state index in [1.165, 1.54) is 5.56 Å². The molecule has 0 radical (unpaired) electrons. The summed E-state index contributed by atoms with van der Waals surface area (Å²) in [4.78, 5) is 4.48. The topological polar surface area (TPSA) is 78.9 Å². The number of aromatic nitrogens is 5. The third-order valence-corrected chi connectivity index (χ3v) is 5.03. The first-order valence-corrected chi connectivity index (χ1v) is 9.26. The van der Waals surface area contributed by atoms with Crippen molar-refractivity contribution >= 4 is 11.6 Å². The predicted molar refractivity (Wildman–Crippen MR) is 102 cm³/mol. The number of nitrogens with zero attached hydrogens (tertiary/aromatic N) is 5. The van der Waals surface area contributed by atoms with Crippen molar-refractivity contribution in [3.8, 4) is 23.0 Å². The number of hydrogen-bond donors (Lipinski definition) is 0. The van der Waals surface area contributed by atoms with Gasteiger partial charge >= 0.3 is 0 Å². The van der Waals surface area contributed by atoms with E-state index in [2.05, 4.69) is 20.5 Å². The molecule has 2 aromatic carbocycles. The van der Waals surface area contributed by atoms with Gasteiger partial charge in [0.2, 0.25) is 5.82 Å². The zero-order valence-electron chi connectivity index (χ0n) is 15.0. The molecule has 1 aliphatic heterocycles. The van der Waals surface area contributed by atoms with Gasteiger partial charge in [-0.2, -0.15) is 4.98 Å². The Hall–Kier alpha value is -3.03. The quantitative estimate of drug-likeness (QED) is 0.518. The van der Waals surface area contributed by atoms with E-state index in [9.17, 15) is 0 Å². The summed E-state index contributed by atoms with van der Waals surface area (Å²) in [7, 11) is 0. The third-order valence-electron chi connectivity index (χ3n) is 4.78. The molecule has 1 aliphatic rings. The first kappa shape index (κ1) is 17.1. The molecule has 0 saturated heterocycles. The highest BCUT2D eigenvalue weighted by Gasteiger charge is 2.27. The van der Waals surface area contributed by atoms with Crippen LogP contribution in [0, 0.1) is 6.92 Å². The molecule has 28 heavy (non-hydrogen) atoms. The second kappa shape index (κ2) is 6.85. The highest BCUT2D eigenvalue weighted by molar-refractivity contribution is 6.30. The van der Waals surface area contributed by atoms with E-state index in [-0.39, 0.29) is 6.10 Å². The van der Waals surface area contributed by atoms with E-state index < -0.39 is 0 Å². The summed E-state index contributed by atoms with van der Waals surface area (Å²) in [6.07, 6.45) is -0.104. The average Bonchev–Trinajstić information content (AvgIpc) is 3.35. The van der Waals surface area contributed by atoms with Crippen molar-refractivity contribution in [1.29, 1.82) is 0 Å². The van der Waals surface area contributed by atoms with Gasteiger partial charge < -0.3 is 9.26 Å². The SMILES string of the molecule is Cc1ccc(-c2nc(-c3nnn4c3CO[C@@H](c3ccc(Cl)cc3)C4)no2)cc1. The fourth-order valence-corrected chi connectivity index (χ4v) is 3.32. The van der Waals surface area contributed by atoms with Gasteiger partial charge in [0.25, 0.3) is 5.89 Å². The maximum Gasteiger partial charge on any atom is 0.258 e. The molecule has 0 bridgehead atoms. The molecule has 3 heterocycles. The van der Waals surface area contributed by atoms with E-state index in [4.69, 9.17) is 20.9 Å².